The SMILES string of the molecule is CCCCCCCCCCCC/C=C/CC/C=C/CC/C=C/C(O)C(COP(=O)([O-])OCC[N+](C)(C)C)NC(=O)CCCCCCCCCCCCCCCC/C=C\CCCCCCCCCCCCCC. The van der Waals surface area contributed by atoms with Crippen molar-refractivity contribution in [2.45, 2.75) is 309 Å². The molecule has 0 aromatic carbocycles. The number of hydrogen-bond donors (Lipinski definition) is 2. The molecule has 0 aromatic heterocycles. The molecular weight excluding hydrogens is 912 g/mol. The van der Waals surface area contributed by atoms with Crippen molar-refractivity contribution in [3.63, 3.8) is 0 Å². The van der Waals surface area contributed by atoms with Gasteiger partial charge in [0.05, 0.1) is 39.9 Å². The van der Waals surface area contributed by atoms with Gasteiger partial charge in [-0.1, -0.05) is 268 Å². The van der Waals surface area contributed by atoms with Crippen molar-refractivity contribution in [2.75, 3.05) is 40.9 Å². The van der Waals surface area contributed by atoms with Crippen LogP contribution in [0.25, 0.3) is 0 Å². The fourth-order valence-electron chi connectivity index (χ4n) is 9.12. The molecular formula is C63H121N2O6P. The number of carbonyl (C=O) groups excluding carboxylic acids is 1. The molecule has 0 heterocycles. The molecule has 0 fully saturated rings. The first kappa shape index (κ1) is 70.5. The normalized spacial score (nSPS) is 14.2. The van der Waals surface area contributed by atoms with E-state index in [4.69, 9.17) is 9.05 Å². The number of quaternary nitrogens is 1. The summed E-state index contributed by atoms with van der Waals surface area (Å²) in [5.74, 6) is -0.208. The number of nitrogens with zero attached hydrogens (tertiary/aromatic N) is 1. The Hall–Kier alpha value is -1.54. The number of rotatable bonds is 57. The molecule has 72 heavy (non-hydrogen) atoms. The van der Waals surface area contributed by atoms with Crippen LogP contribution in [0.15, 0.2) is 48.6 Å². The first-order valence-corrected chi connectivity index (χ1v) is 32.5. The van der Waals surface area contributed by atoms with Crippen LogP contribution in [0.1, 0.15) is 296 Å². The maximum Gasteiger partial charge on any atom is 0.268 e. The van der Waals surface area contributed by atoms with Crippen molar-refractivity contribution in [3.8, 4) is 0 Å². The molecule has 0 saturated heterocycles. The van der Waals surface area contributed by atoms with Gasteiger partial charge < -0.3 is 28.8 Å². The number of hydrogen-bond acceptors (Lipinski definition) is 6. The minimum atomic E-state index is -4.61. The van der Waals surface area contributed by atoms with E-state index in [-0.39, 0.29) is 12.5 Å². The molecule has 0 bridgehead atoms. The Kier molecular flexibility index (Phi) is 53.1. The van der Waals surface area contributed by atoms with Crippen LogP contribution in [0.4, 0.5) is 0 Å². The molecule has 0 radical (unpaired) electrons. The lowest BCUT2D eigenvalue weighted by molar-refractivity contribution is -0.870. The first-order chi connectivity index (χ1) is 35.0. The highest BCUT2D eigenvalue weighted by atomic mass is 31.2. The maximum atomic E-state index is 13.0. The Balaban J connectivity index is 4.16. The first-order valence-electron chi connectivity index (χ1n) is 31.0. The standard InChI is InChI=1S/C63H121N2O6P/c1-6-8-10-12-14-16-18-20-22-24-26-28-29-30-31-32-33-34-35-36-37-39-41-43-45-47-49-51-53-55-57-63(67)64-61(60-71-72(68,69)70-59-58-65(3,4)5)62(66)56-54-52-50-48-46-44-42-40-38-27-25-23-21-19-17-15-13-11-9-7-2/h30-31,38,40,46,48,54,56,61-62,66H,6-29,32-37,39,41-45,47,49-53,55,57-60H2,1-5H3,(H-,64,67,68,69)/b31-30-,40-38+,48-46+,56-54+. The third kappa shape index (κ3) is 56.2. The van der Waals surface area contributed by atoms with Gasteiger partial charge in [-0.2, -0.15) is 0 Å². The van der Waals surface area contributed by atoms with Crippen molar-refractivity contribution in [1.82, 2.24) is 5.32 Å². The van der Waals surface area contributed by atoms with Crippen LogP contribution in [-0.4, -0.2) is 68.5 Å². The molecule has 0 rings (SSSR count). The van der Waals surface area contributed by atoms with Gasteiger partial charge in [-0.25, -0.2) is 0 Å². The summed E-state index contributed by atoms with van der Waals surface area (Å²) in [4.78, 5) is 25.5. The third-order valence-electron chi connectivity index (χ3n) is 14.0. The molecule has 3 atom stereocenters. The van der Waals surface area contributed by atoms with Crippen LogP contribution in [0, 0.1) is 0 Å². The molecule has 2 N–H and O–H groups in total. The summed E-state index contributed by atoms with van der Waals surface area (Å²) in [5, 5.41) is 13.9. The van der Waals surface area contributed by atoms with E-state index < -0.39 is 26.6 Å². The summed E-state index contributed by atoms with van der Waals surface area (Å²) in [7, 11) is 1.24. The molecule has 0 aliphatic rings. The van der Waals surface area contributed by atoms with Gasteiger partial charge in [0.1, 0.15) is 13.2 Å². The van der Waals surface area contributed by atoms with E-state index in [1.807, 2.05) is 27.2 Å². The second-order valence-corrected chi connectivity index (χ2v) is 23.8. The Morgan fingerprint density at radius 2 is 0.778 bits per heavy atom. The predicted molar refractivity (Wildman–Crippen MR) is 311 cm³/mol. The number of likely N-dealkylation sites (N-methyl/N-ethyl adjacent to an activating group) is 1. The quantitative estimate of drug-likeness (QED) is 0.0272. The second-order valence-electron chi connectivity index (χ2n) is 22.4. The lowest BCUT2D eigenvalue weighted by Crippen LogP contribution is -2.45. The van der Waals surface area contributed by atoms with Gasteiger partial charge in [0.25, 0.3) is 7.82 Å². The largest absolute Gasteiger partial charge is 0.756 e. The van der Waals surface area contributed by atoms with E-state index in [1.165, 1.54) is 231 Å². The molecule has 3 unspecified atom stereocenters. The van der Waals surface area contributed by atoms with E-state index in [9.17, 15) is 19.4 Å². The van der Waals surface area contributed by atoms with E-state index in [0.717, 1.165) is 44.9 Å². The number of aliphatic hydroxyl groups excluding tert-OH is 1. The highest BCUT2D eigenvalue weighted by Crippen LogP contribution is 2.38. The Morgan fingerprint density at radius 3 is 1.12 bits per heavy atom. The number of unbranched alkanes of at least 4 members (excludes halogenated alkanes) is 38. The summed E-state index contributed by atoms with van der Waals surface area (Å²) < 4.78 is 23.4. The van der Waals surface area contributed by atoms with Gasteiger partial charge in [-0.3, -0.25) is 9.36 Å². The highest BCUT2D eigenvalue weighted by Gasteiger charge is 2.23. The van der Waals surface area contributed by atoms with Gasteiger partial charge in [0, 0.05) is 6.42 Å². The number of amides is 1. The van der Waals surface area contributed by atoms with Crippen LogP contribution < -0.4 is 10.2 Å². The van der Waals surface area contributed by atoms with E-state index in [1.54, 1.807) is 6.08 Å². The summed E-state index contributed by atoms with van der Waals surface area (Å²) in [6.45, 7) is 4.65. The van der Waals surface area contributed by atoms with Crippen LogP contribution >= 0.6 is 7.82 Å². The van der Waals surface area contributed by atoms with E-state index in [0.29, 0.717) is 17.4 Å². The third-order valence-corrected chi connectivity index (χ3v) is 15.0. The molecule has 0 saturated carbocycles. The molecule has 1 amide bonds. The van der Waals surface area contributed by atoms with Crippen LogP contribution in [0.2, 0.25) is 0 Å². The molecule has 0 aliphatic carbocycles. The Bertz CT molecular complexity index is 1310. The molecule has 9 heteroatoms. The number of phosphoric acid groups is 1. The minimum Gasteiger partial charge on any atom is -0.756 e. The summed E-state index contributed by atoms with van der Waals surface area (Å²) in [6.07, 6.45) is 72.1. The van der Waals surface area contributed by atoms with Crippen molar-refractivity contribution >= 4 is 13.7 Å². The minimum absolute atomic E-state index is 0.00883. The Labute approximate surface area is 448 Å². The monoisotopic (exact) mass is 1030 g/mol. The molecule has 424 valence electrons. The zero-order valence-corrected chi connectivity index (χ0v) is 49.3. The maximum absolute atomic E-state index is 13.0. The lowest BCUT2D eigenvalue weighted by atomic mass is 10.0. The molecule has 0 aliphatic heterocycles. The molecule has 0 aromatic rings. The van der Waals surface area contributed by atoms with Crippen molar-refractivity contribution < 1.29 is 32.9 Å². The van der Waals surface area contributed by atoms with Gasteiger partial charge >= 0.3 is 0 Å². The predicted octanol–water partition coefficient (Wildman–Crippen LogP) is 18.5. The second kappa shape index (κ2) is 54.3. The lowest BCUT2D eigenvalue weighted by Gasteiger charge is -2.29. The smallest absolute Gasteiger partial charge is 0.268 e. The Morgan fingerprint density at radius 1 is 0.472 bits per heavy atom. The van der Waals surface area contributed by atoms with Crippen LogP contribution in [0.5, 0.6) is 0 Å². The highest BCUT2D eigenvalue weighted by molar-refractivity contribution is 7.45. The average molecular weight is 1030 g/mol. The number of aliphatic hydroxyl groups is 1. The summed E-state index contributed by atoms with van der Waals surface area (Å²) in [5.41, 5.74) is 0. The number of allylic oxidation sites excluding steroid dienone is 7. The van der Waals surface area contributed by atoms with Gasteiger partial charge in [0.15, 0.2) is 0 Å². The van der Waals surface area contributed by atoms with E-state index in [2.05, 4.69) is 55.6 Å². The van der Waals surface area contributed by atoms with Gasteiger partial charge in [0.2, 0.25) is 5.91 Å². The summed E-state index contributed by atoms with van der Waals surface area (Å²) >= 11 is 0. The topological polar surface area (TPSA) is 108 Å². The van der Waals surface area contributed by atoms with Crippen molar-refractivity contribution in [1.29, 1.82) is 0 Å². The molecule has 8 nitrogen and oxygen atoms in total. The number of carbonyl (C=O) groups is 1. The fraction of sp³-hybridized carbons (Fsp3) is 0.857. The average Bonchev–Trinajstić information content (AvgIpc) is 3.34. The van der Waals surface area contributed by atoms with Crippen molar-refractivity contribution in [3.05, 3.63) is 48.6 Å². The van der Waals surface area contributed by atoms with Crippen molar-refractivity contribution in [2.24, 2.45) is 0 Å². The number of nitrogens with one attached hydrogen (secondary N) is 1. The van der Waals surface area contributed by atoms with E-state index >= 15 is 0 Å². The van der Waals surface area contributed by atoms with Gasteiger partial charge in [-0.15, -0.1) is 0 Å². The zero-order chi connectivity index (χ0) is 52.7. The van der Waals surface area contributed by atoms with Crippen LogP contribution in [-0.2, 0) is 18.4 Å². The summed E-state index contributed by atoms with van der Waals surface area (Å²) in [6, 6.07) is -0.911. The fourth-order valence-corrected chi connectivity index (χ4v) is 9.85. The molecule has 0 spiro atoms. The zero-order valence-electron chi connectivity index (χ0n) is 48.4. The van der Waals surface area contributed by atoms with Gasteiger partial charge in [-0.05, 0) is 70.6 Å². The number of phosphoric ester groups is 1. The van der Waals surface area contributed by atoms with Crippen LogP contribution in [0.3, 0.4) is 0 Å².